The van der Waals surface area contributed by atoms with E-state index in [0.717, 1.165) is 4.68 Å². The minimum absolute atomic E-state index is 0.0391. The number of nitrogens with one attached hydrogen (secondary N) is 1. The Morgan fingerprint density at radius 1 is 1.67 bits per heavy atom. The van der Waals surface area contributed by atoms with Crippen LogP contribution in [0.25, 0.3) is 0 Å². The first-order chi connectivity index (χ1) is 6.81. The summed E-state index contributed by atoms with van der Waals surface area (Å²) in [5.74, 6) is -0.898. The van der Waals surface area contributed by atoms with Crippen molar-refractivity contribution < 1.29 is 18.0 Å². The Morgan fingerprint density at radius 3 is 2.67 bits per heavy atom. The van der Waals surface area contributed by atoms with Gasteiger partial charge in [-0.05, 0) is 0 Å². The van der Waals surface area contributed by atoms with Gasteiger partial charge in [0.05, 0.1) is 11.9 Å². The van der Waals surface area contributed by atoms with Crippen LogP contribution in [0.1, 0.15) is 10.5 Å². The number of aryl methyl sites for hydroxylation is 1. The fraction of sp³-hybridized carbons (Fsp3) is 0.429. The number of aromatic nitrogens is 2. The maximum Gasteiger partial charge on any atom is 0.405 e. The molecule has 0 fully saturated rings. The number of nitrogen functional groups attached to an aromatic ring is 1. The van der Waals surface area contributed by atoms with Gasteiger partial charge in [-0.25, -0.2) is 0 Å². The van der Waals surface area contributed by atoms with Crippen molar-refractivity contribution in [2.45, 2.75) is 6.18 Å². The van der Waals surface area contributed by atoms with Gasteiger partial charge in [-0.2, -0.15) is 18.3 Å². The van der Waals surface area contributed by atoms with Gasteiger partial charge in [-0.1, -0.05) is 0 Å². The van der Waals surface area contributed by atoms with Crippen LogP contribution in [0.3, 0.4) is 0 Å². The van der Waals surface area contributed by atoms with Crippen LogP contribution in [0.5, 0.6) is 0 Å². The molecule has 1 heterocycles. The van der Waals surface area contributed by atoms with Gasteiger partial charge in [0.1, 0.15) is 12.2 Å². The number of anilines is 1. The Kier molecular flexibility index (Phi) is 2.87. The Morgan fingerprint density at radius 2 is 2.27 bits per heavy atom. The van der Waals surface area contributed by atoms with E-state index in [1.807, 2.05) is 0 Å². The first kappa shape index (κ1) is 11.3. The standard InChI is InChI=1S/C7H9F3N4O/c1-14-5(4(11)2-13-14)6(15)12-3-7(8,9)10/h2H,3,11H2,1H3,(H,12,15). The lowest BCUT2D eigenvalue weighted by atomic mass is 10.3. The summed E-state index contributed by atoms with van der Waals surface area (Å²) in [6.45, 7) is -1.39. The van der Waals surface area contributed by atoms with E-state index in [1.165, 1.54) is 13.2 Å². The van der Waals surface area contributed by atoms with E-state index in [9.17, 15) is 18.0 Å². The summed E-state index contributed by atoms with van der Waals surface area (Å²) in [5, 5.41) is 5.33. The molecular weight excluding hydrogens is 213 g/mol. The topological polar surface area (TPSA) is 72.9 Å². The number of alkyl halides is 3. The van der Waals surface area contributed by atoms with E-state index in [4.69, 9.17) is 5.73 Å². The Bertz CT molecular complexity index is 351. The Labute approximate surface area is 83.0 Å². The lowest BCUT2D eigenvalue weighted by molar-refractivity contribution is -0.123. The average molecular weight is 222 g/mol. The largest absolute Gasteiger partial charge is 0.405 e. The third-order valence-corrected chi connectivity index (χ3v) is 1.63. The predicted molar refractivity (Wildman–Crippen MR) is 46.0 cm³/mol. The third kappa shape index (κ3) is 2.86. The van der Waals surface area contributed by atoms with Crippen LogP contribution in [0.2, 0.25) is 0 Å². The van der Waals surface area contributed by atoms with Crippen LogP contribution < -0.4 is 11.1 Å². The van der Waals surface area contributed by atoms with Crippen LogP contribution >= 0.6 is 0 Å². The molecule has 0 bridgehead atoms. The van der Waals surface area contributed by atoms with Crippen molar-refractivity contribution in [3.63, 3.8) is 0 Å². The summed E-state index contributed by atoms with van der Waals surface area (Å²) in [6.07, 6.45) is -3.24. The number of hydrogen-bond donors (Lipinski definition) is 2. The highest BCUT2D eigenvalue weighted by Crippen LogP contribution is 2.14. The number of carbonyl (C=O) groups is 1. The monoisotopic (exact) mass is 222 g/mol. The van der Waals surface area contributed by atoms with Gasteiger partial charge in [-0.3, -0.25) is 9.48 Å². The summed E-state index contributed by atoms with van der Waals surface area (Å²) in [7, 11) is 1.42. The number of nitrogens with zero attached hydrogens (tertiary/aromatic N) is 2. The number of nitrogens with two attached hydrogens (primary N) is 1. The first-order valence-electron chi connectivity index (χ1n) is 3.93. The molecule has 0 atom stereocenters. The zero-order chi connectivity index (χ0) is 11.6. The fourth-order valence-corrected chi connectivity index (χ4v) is 0.997. The van der Waals surface area contributed by atoms with Crippen LogP contribution in [-0.2, 0) is 7.05 Å². The molecular formula is C7H9F3N4O. The number of rotatable bonds is 2. The molecule has 15 heavy (non-hydrogen) atoms. The van der Waals surface area contributed by atoms with Gasteiger partial charge < -0.3 is 11.1 Å². The molecule has 3 N–H and O–H groups in total. The average Bonchev–Trinajstić information content (AvgIpc) is 2.41. The van der Waals surface area contributed by atoms with Crippen molar-refractivity contribution >= 4 is 11.6 Å². The lowest BCUT2D eigenvalue weighted by Gasteiger charge is -2.08. The zero-order valence-corrected chi connectivity index (χ0v) is 7.80. The van der Waals surface area contributed by atoms with Crippen molar-refractivity contribution in [1.29, 1.82) is 0 Å². The minimum Gasteiger partial charge on any atom is -0.396 e. The summed E-state index contributed by atoms with van der Waals surface area (Å²) < 4.78 is 36.5. The van der Waals surface area contributed by atoms with Gasteiger partial charge in [0.2, 0.25) is 0 Å². The molecule has 0 aliphatic rings. The molecule has 1 aromatic heterocycles. The van der Waals surface area contributed by atoms with Crippen molar-refractivity contribution in [2.75, 3.05) is 12.3 Å². The summed E-state index contributed by atoms with van der Waals surface area (Å²) in [5.41, 5.74) is 5.31. The van der Waals surface area contributed by atoms with Gasteiger partial charge in [0.15, 0.2) is 0 Å². The number of hydrogen-bond acceptors (Lipinski definition) is 3. The third-order valence-electron chi connectivity index (χ3n) is 1.63. The number of halogens is 3. The molecule has 0 aromatic carbocycles. The molecule has 0 spiro atoms. The smallest absolute Gasteiger partial charge is 0.396 e. The molecule has 0 unspecified atom stereocenters. The summed E-state index contributed by atoms with van der Waals surface area (Å²) in [6, 6.07) is 0. The molecule has 1 rings (SSSR count). The van der Waals surface area contributed by atoms with Crippen molar-refractivity contribution in [3.05, 3.63) is 11.9 Å². The molecule has 0 aliphatic heterocycles. The van der Waals surface area contributed by atoms with E-state index in [1.54, 1.807) is 5.32 Å². The van der Waals surface area contributed by atoms with E-state index in [2.05, 4.69) is 5.10 Å². The minimum atomic E-state index is -4.44. The van der Waals surface area contributed by atoms with Crippen LogP contribution in [-0.4, -0.2) is 28.4 Å². The molecule has 1 aromatic rings. The quantitative estimate of drug-likeness (QED) is 0.755. The second-order valence-electron chi connectivity index (χ2n) is 2.87. The fourth-order valence-electron chi connectivity index (χ4n) is 0.997. The second-order valence-corrected chi connectivity index (χ2v) is 2.87. The van der Waals surface area contributed by atoms with Crippen molar-refractivity contribution in [1.82, 2.24) is 15.1 Å². The lowest BCUT2D eigenvalue weighted by Crippen LogP contribution is -2.35. The molecule has 1 amide bonds. The molecule has 8 heteroatoms. The Balaban J connectivity index is 2.70. The van der Waals surface area contributed by atoms with Gasteiger partial charge in [0.25, 0.3) is 5.91 Å². The molecule has 0 aliphatic carbocycles. The molecule has 5 nitrogen and oxygen atoms in total. The normalized spacial score (nSPS) is 11.5. The van der Waals surface area contributed by atoms with Gasteiger partial charge in [0, 0.05) is 7.05 Å². The highest BCUT2D eigenvalue weighted by Gasteiger charge is 2.28. The maximum atomic E-state index is 11.8. The Hall–Kier alpha value is -1.73. The van der Waals surface area contributed by atoms with Crippen molar-refractivity contribution in [3.8, 4) is 0 Å². The van der Waals surface area contributed by atoms with Crippen molar-refractivity contribution in [2.24, 2.45) is 7.05 Å². The zero-order valence-electron chi connectivity index (χ0n) is 7.80. The first-order valence-corrected chi connectivity index (χ1v) is 3.93. The van der Waals surface area contributed by atoms with E-state index in [-0.39, 0.29) is 11.4 Å². The van der Waals surface area contributed by atoms with Crippen LogP contribution in [0, 0.1) is 0 Å². The number of amides is 1. The van der Waals surface area contributed by atoms with Crippen LogP contribution in [0.15, 0.2) is 6.20 Å². The van der Waals surface area contributed by atoms with E-state index in [0.29, 0.717) is 0 Å². The van der Waals surface area contributed by atoms with E-state index < -0.39 is 18.6 Å². The molecule has 0 saturated carbocycles. The highest BCUT2D eigenvalue weighted by atomic mass is 19.4. The summed E-state index contributed by atoms with van der Waals surface area (Å²) >= 11 is 0. The maximum absolute atomic E-state index is 11.8. The second kappa shape index (κ2) is 3.79. The van der Waals surface area contributed by atoms with E-state index >= 15 is 0 Å². The molecule has 0 saturated heterocycles. The molecule has 84 valence electrons. The van der Waals surface area contributed by atoms with Crippen LogP contribution in [0.4, 0.5) is 18.9 Å². The predicted octanol–water partition coefficient (Wildman–Crippen LogP) is 0.294. The van der Waals surface area contributed by atoms with Gasteiger partial charge >= 0.3 is 6.18 Å². The molecule has 0 radical (unpaired) electrons. The number of carbonyl (C=O) groups excluding carboxylic acids is 1. The summed E-state index contributed by atoms with van der Waals surface area (Å²) in [4.78, 5) is 11.2. The highest BCUT2D eigenvalue weighted by molar-refractivity contribution is 5.97. The SMILES string of the molecule is Cn1ncc(N)c1C(=O)NCC(F)(F)F. The van der Waals surface area contributed by atoms with Gasteiger partial charge in [-0.15, -0.1) is 0 Å².